The third-order valence-corrected chi connectivity index (χ3v) is 3.63. The zero-order chi connectivity index (χ0) is 12.7. The van der Waals surface area contributed by atoms with E-state index >= 15 is 0 Å². The summed E-state index contributed by atoms with van der Waals surface area (Å²) in [6, 6.07) is 8.73. The Morgan fingerprint density at radius 2 is 2.00 bits per heavy atom. The summed E-state index contributed by atoms with van der Waals surface area (Å²) in [5.41, 5.74) is 1.32. The standard InChI is InChI=1S/C14H22BrNO/c1-4-16-14(11(3)17-5-2)10-12-8-6-7-9-13(12)15/h6-9,11,14,16H,4-5,10H2,1-3H3. The van der Waals surface area contributed by atoms with Gasteiger partial charge in [-0.1, -0.05) is 41.1 Å². The number of benzene rings is 1. The Morgan fingerprint density at radius 1 is 1.29 bits per heavy atom. The van der Waals surface area contributed by atoms with Gasteiger partial charge in [0.1, 0.15) is 0 Å². The molecule has 0 radical (unpaired) electrons. The van der Waals surface area contributed by atoms with Crippen LogP contribution < -0.4 is 5.32 Å². The minimum Gasteiger partial charge on any atom is -0.377 e. The molecule has 1 aromatic rings. The van der Waals surface area contributed by atoms with E-state index in [1.54, 1.807) is 0 Å². The molecular formula is C14H22BrNO. The van der Waals surface area contributed by atoms with Gasteiger partial charge in [-0.3, -0.25) is 0 Å². The first-order chi connectivity index (χ1) is 8.19. The number of ether oxygens (including phenoxy) is 1. The van der Waals surface area contributed by atoms with Crippen molar-refractivity contribution in [2.45, 2.75) is 39.3 Å². The maximum Gasteiger partial charge on any atom is 0.0703 e. The molecule has 0 heterocycles. The van der Waals surface area contributed by atoms with Crippen molar-refractivity contribution in [1.29, 1.82) is 0 Å². The van der Waals surface area contributed by atoms with Crippen LogP contribution in [0.2, 0.25) is 0 Å². The topological polar surface area (TPSA) is 21.3 Å². The second kappa shape index (κ2) is 7.85. The van der Waals surface area contributed by atoms with Crippen LogP contribution >= 0.6 is 15.9 Å². The van der Waals surface area contributed by atoms with Crippen LogP contribution in [0.3, 0.4) is 0 Å². The molecule has 0 bridgehead atoms. The molecule has 0 aliphatic carbocycles. The lowest BCUT2D eigenvalue weighted by molar-refractivity contribution is 0.0480. The Labute approximate surface area is 113 Å². The van der Waals surface area contributed by atoms with Crippen LogP contribution in [0, 0.1) is 0 Å². The molecule has 96 valence electrons. The average molecular weight is 300 g/mol. The fraction of sp³-hybridized carbons (Fsp3) is 0.571. The Kier molecular flexibility index (Phi) is 6.78. The highest BCUT2D eigenvalue weighted by Crippen LogP contribution is 2.18. The van der Waals surface area contributed by atoms with Crippen molar-refractivity contribution in [3.05, 3.63) is 34.3 Å². The maximum absolute atomic E-state index is 5.69. The van der Waals surface area contributed by atoms with E-state index in [9.17, 15) is 0 Å². The summed E-state index contributed by atoms with van der Waals surface area (Å²) in [6.07, 6.45) is 1.21. The molecule has 2 nitrogen and oxygen atoms in total. The van der Waals surface area contributed by atoms with Crippen molar-refractivity contribution in [1.82, 2.24) is 5.32 Å². The van der Waals surface area contributed by atoms with Crippen LogP contribution in [-0.2, 0) is 11.2 Å². The van der Waals surface area contributed by atoms with Gasteiger partial charge in [-0.25, -0.2) is 0 Å². The quantitative estimate of drug-likeness (QED) is 0.833. The van der Waals surface area contributed by atoms with E-state index in [2.05, 4.69) is 53.3 Å². The molecule has 0 aliphatic rings. The monoisotopic (exact) mass is 299 g/mol. The lowest BCUT2D eigenvalue weighted by Crippen LogP contribution is -2.41. The van der Waals surface area contributed by atoms with Gasteiger partial charge < -0.3 is 10.1 Å². The molecule has 3 heteroatoms. The molecule has 1 N–H and O–H groups in total. The molecule has 0 saturated carbocycles. The predicted octanol–water partition coefficient (Wildman–Crippen LogP) is 3.39. The summed E-state index contributed by atoms with van der Waals surface area (Å²) in [5, 5.41) is 3.50. The van der Waals surface area contributed by atoms with Crippen molar-refractivity contribution in [3.63, 3.8) is 0 Å². The number of nitrogens with one attached hydrogen (secondary N) is 1. The third kappa shape index (κ3) is 4.78. The van der Waals surface area contributed by atoms with Gasteiger partial charge in [-0.15, -0.1) is 0 Å². The Balaban J connectivity index is 2.69. The first kappa shape index (κ1) is 14.7. The Hall–Kier alpha value is -0.380. The third-order valence-electron chi connectivity index (χ3n) is 2.86. The van der Waals surface area contributed by atoms with E-state index in [0.29, 0.717) is 6.04 Å². The minimum absolute atomic E-state index is 0.229. The molecule has 0 saturated heterocycles. The maximum atomic E-state index is 5.69. The van der Waals surface area contributed by atoms with E-state index in [-0.39, 0.29) is 6.10 Å². The largest absolute Gasteiger partial charge is 0.377 e. The summed E-state index contributed by atoms with van der Waals surface area (Å²) in [4.78, 5) is 0. The van der Waals surface area contributed by atoms with Crippen LogP contribution in [-0.4, -0.2) is 25.3 Å². The molecule has 0 fully saturated rings. The van der Waals surface area contributed by atoms with E-state index in [0.717, 1.165) is 19.6 Å². The summed E-state index contributed by atoms with van der Waals surface area (Å²) >= 11 is 3.60. The molecule has 2 unspecified atom stereocenters. The lowest BCUT2D eigenvalue weighted by atomic mass is 10.0. The highest BCUT2D eigenvalue weighted by molar-refractivity contribution is 9.10. The molecule has 1 rings (SSSR count). The zero-order valence-corrected chi connectivity index (χ0v) is 12.5. The SMILES string of the molecule is CCNC(Cc1ccccc1Br)C(C)OCC. The summed E-state index contributed by atoms with van der Waals surface area (Å²) in [7, 11) is 0. The number of hydrogen-bond donors (Lipinski definition) is 1. The molecule has 2 atom stereocenters. The predicted molar refractivity (Wildman–Crippen MR) is 76.4 cm³/mol. The number of rotatable bonds is 7. The molecule has 1 aromatic carbocycles. The molecule has 17 heavy (non-hydrogen) atoms. The summed E-state index contributed by atoms with van der Waals surface area (Å²) in [5.74, 6) is 0. The molecular weight excluding hydrogens is 278 g/mol. The molecule has 0 spiro atoms. The first-order valence-corrected chi connectivity index (χ1v) is 7.06. The summed E-state index contributed by atoms with van der Waals surface area (Å²) in [6.45, 7) is 8.03. The van der Waals surface area contributed by atoms with Crippen molar-refractivity contribution in [2.75, 3.05) is 13.2 Å². The van der Waals surface area contributed by atoms with E-state index in [4.69, 9.17) is 4.74 Å². The molecule has 0 aromatic heterocycles. The number of halogens is 1. The van der Waals surface area contributed by atoms with Crippen molar-refractivity contribution < 1.29 is 4.74 Å². The number of likely N-dealkylation sites (N-methyl/N-ethyl adjacent to an activating group) is 1. The van der Waals surface area contributed by atoms with Gasteiger partial charge in [0.15, 0.2) is 0 Å². The molecule has 0 aliphatic heterocycles. The highest BCUT2D eigenvalue weighted by Gasteiger charge is 2.17. The first-order valence-electron chi connectivity index (χ1n) is 6.27. The Bertz CT molecular complexity index is 330. The van der Waals surface area contributed by atoms with Gasteiger partial charge in [0.25, 0.3) is 0 Å². The fourth-order valence-electron chi connectivity index (χ4n) is 1.95. The fourth-order valence-corrected chi connectivity index (χ4v) is 2.39. The molecule has 0 amide bonds. The van der Waals surface area contributed by atoms with Crippen molar-refractivity contribution in [3.8, 4) is 0 Å². The number of hydrogen-bond acceptors (Lipinski definition) is 2. The van der Waals surface area contributed by atoms with Gasteiger partial charge in [-0.05, 0) is 38.4 Å². The van der Waals surface area contributed by atoms with Gasteiger partial charge in [0, 0.05) is 17.1 Å². The second-order valence-electron chi connectivity index (χ2n) is 4.12. The van der Waals surface area contributed by atoms with Gasteiger partial charge in [0.2, 0.25) is 0 Å². The lowest BCUT2D eigenvalue weighted by Gasteiger charge is -2.25. The van der Waals surface area contributed by atoms with E-state index in [1.165, 1.54) is 10.0 Å². The van der Waals surface area contributed by atoms with Crippen LogP contribution in [0.4, 0.5) is 0 Å². The van der Waals surface area contributed by atoms with E-state index < -0.39 is 0 Å². The van der Waals surface area contributed by atoms with Crippen LogP contribution in [0.5, 0.6) is 0 Å². The van der Waals surface area contributed by atoms with Crippen LogP contribution in [0.15, 0.2) is 28.7 Å². The Morgan fingerprint density at radius 3 is 2.59 bits per heavy atom. The van der Waals surface area contributed by atoms with Crippen molar-refractivity contribution >= 4 is 15.9 Å². The van der Waals surface area contributed by atoms with Crippen LogP contribution in [0.25, 0.3) is 0 Å². The van der Waals surface area contributed by atoms with Gasteiger partial charge in [-0.2, -0.15) is 0 Å². The van der Waals surface area contributed by atoms with Crippen LogP contribution in [0.1, 0.15) is 26.3 Å². The normalized spacial score (nSPS) is 14.6. The second-order valence-corrected chi connectivity index (χ2v) is 4.97. The average Bonchev–Trinajstić information content (AvgIpc) is 2.31. The van der Waals surface area contributed by atoms with Gasteiger partial charge in [0.05, 0.1) is 6.10 Å². The minimum atomic E-state index is 0.229. The highest BCUT2D eigenvalue weighted by atomic mass is 79.9. The van der Waals surface area contributed by atoms with Gasteiger partial charge >= 0.3 is 0 Å². The zero-order valence-electron chi connectivity index (χ0n) is 10.9. The summed E-state index contributed by atoms with van der Waals surface area (Å²) < 4.78 is 6.86. The van der Waals surface area contributed by atoms with Crippen molar-refractivity contribution in [2.24, 2.45) is 0 Å². The van der Waals surface area contributed by atoms with E-state index in [1.807, 2.05) is 13.0 Å². The smallest absolute Gasteiger partial charge is 0.0703 e.